The van der Waals surface area contributed by atoms with E-state index in [-0.39, 0.29) is 12.0 Å². The Hall–Kier alpha value is -3.64. The molecule has 0 saturated carbocycles. The zero-order chi connectivity index (χ0) is 27.0. The van der Waals surface area contributed by atoms with Gasteiger partial charge >= 0.3 is 11.9 Å². The second-order valence-corrected chi connectivity index (χ2v) is 9.63. The highest BCUT2D eigenvalue weighted by molar-refractivity contribution is 5.87. The first kappa shape index (κ1) is 28.9. The maximum Gasteiger partial charge on any atom is 0.335 e. The smallest absolute Gasteiger partial charge is 0.335 e. The molecule has 3 aromatic carbocycles. The summed E-state index contributed by atoms with van der Waals surface area (Å²) in [6, 6.07) is 25.7. The molecule has 0 fully saturated rings. The van der Waals surface area contributed by atoms with E-state index in [4.69, 9.17) is 14.9 Å². The molecule has 6 heteroatoms. The summed E-state index contributed by atoms with van der Waals surface area (Å²) < 4.78 is 6.16. The van der Waals surface area contributed by atoms with Gasteiger partial charge in [-0.15, -0.1) is 0 Å². The van der Waals surface area contributed by atoms with E-state index in [0.717, 1.165) is 68.5 Å². The fourth-order valence-electron chi connectivity index (χ4n) is 4.46. The highest BCUT2D eigenvalue weighted by atomic mass is 16.5. The number of carboxylic acids is 2. The third-order valence-corrected chi connectivity index (χ3v) is 6.60. The van der Waals surface area contributed by atoms with Crippen molar-refractivity contribution in [2.75, 3.05) is 19.7 Å². The lowest BCUT2D eigenvalue weighted by molar-refractivity contribution is -0.137. The third-order valence-electron chi connectivity index (χ3n) is 6.60. The van der Waals surface area contributed by atoms with E-state index in [1.807, 2.05) is 36.4 Å². The molecule has 2 N–H and O–H groups in total. The second kappa shape index (κ2) is 16.3. The van der Waals surface area contributed by atoms with Crippen molar-refractivity contribution < 1.29 is 24.5 Å². The van der Waals surface area contributed by atoms with Crippen molar-refractivity contribution in [2.24, 2.45) is 0 Å². The maximum absolute atomic E-state index is 11.2. The van der Waals surface area contributed by atoms with E-state index in [0.29, 0.717) is 19.6 Å². The lowest BCUT2D eigenvalue weighted by Crippen LogP contribution is -2.27. The van der Waals surface area contributed by atoms with Crippen LogP contribution in [0.5, 0.6) is 5.75 Å². The normalized spacial score (nSPS) is 11.0. The van der Waals surface area contributed by atoms with Gasteiger partial charge in [-0.25, -0.2) is 4.79 Å². The monoisotopic (exact) mass is 517 g/mol. The minimum absolute atomic E-state index is 0.170. The van der Waals surface area contributed by atoms with Gasteiger partial charge in [0, 0.05) is 19.5 Å². The number of ether oxygens (including phenoxy) is 1. The molecule has 0 spiro atoms. The fourth-order valence-corrected chi connectivity index (χ4v) is 4.46. The van der Waals surface area contributed by atoms with E-state index >= 15 is 0 Å². The van der Waals surface area contributed by atoms with E-state index in [1.54, 1.807) is 12.1 Å². The Bertz CT molecular complexity index is 1110. The zero-order valence-electron chi connectivity index (χ0n) is 22.1. The van der Waals surface area contributed by atoms with Crippen LogP contribution in [-0.4, -0.2) is 46.7 Å². The Balaban J connectivity index is 1.50. The first-order valence-corrected chi connectivity index (χ1v) is 13.5. The molecule has 0 amide bonds. The van der Waals surface area contributed by atoms with Crippen LogP contribution in [0.2, 0.25) is 0 Å². The van der Waals surface area contributed by atoms with Gasteiger partial charge in [0.2, 0.25) is 0 Å². The van der Waals surface area contributed by atoms with Crippen LogP contribution in [0.15, 0.2) is 78.9 Å². The molecule has 0 aliphatic rings. The predicted molar refractivity (Wildman–Crippen MR) is 150 cm³/mol. The summed E-state index contributed by atoms with van der Waals surface area (Å²) in [5.41, 5.74) is 3.85. The van der Waals surface area contributed by atoms with Gasteiger partial charge in [-0.2, -0.15) is 0 Å². The molecule has 38 heavy (non-hydrogen) atoms. The van der Waals surface area contributed by atoms with Gasteiger partial charge in [-0.1, -0.05) is 60.7 Å². The van der Waals surface area contributed by atoms with Crippen molar-refractivity contribution in [3.8, 4) is 5.75 Å². The number of para-hydroxylation sites is 1. The standard InChI is InChI=1S/C32H39NO5/c34-31(35)16-8-9-22-33(25-27-17-19-29(20-18-27)32(36)37)23-21-28-14-6-7-15-30(28)38-24-10-2-5-13-26-11-3-1-4-12-26/h1,3-4,6-7,11-12,14-15,17-20H,2,5,8-10,13,16,21-25H2,(H,34,35)(H,36,37). The second-order valence-electron chi connectivity index (χ2n) is 9.63. The van der Waals surface area contributed by atoms with Crippen LogP contribution in [0.4, 0.5) is 0 Å². The molecule has 0 aliphatic heterocycles. The van der Waals surface area contributed by atoms with Crippen LogP contribution in [0, 0.1) is 0 Å². The summed E-state index contributed by atoms with van der Waals surface area (Å²) in [5, 5.41) is 18.1. The van der Waals surface area contributed by atoms with Gasteiger partial charge in [0.15, 0.2) is 0 Å². The topological polar surface area (TPSA) is 87.1 Å². The highest BCUT2D eigenvalue weighted by Crippen LogP contribution is 2.20. The minimum Gasteiger partial charge on any atom is -0.493 e. The van der Waals surface area contributed by atoms with Crippen LogP contribution in [0.3, 0.4) is 0 Å². The molecule has 0 aliphatic carbocycles. The molecular weight excluding hydrogens is 478 g/mol. The maximum atomic E-state index is 11.2. The number of hydrogen-bond acceptors (Lipinski definition) is 4. The van der Waals surface area contributed by atoms with Gasteiger partial charge < -0.3 is 14.9 Å². The van der Waals surface area contributed by atoms with Crippen molar-refractivity contribution in [2.45, 2.75) is 57.9 Å². The SMILES string of the molecule is O=C(O)CCCCN(CCc1ccccc1OCCCCCc1ccccc1)Cc1ccc(C(=O)O)cc1. The number of rotatable bonds is 18. The quantitative estimate of drug-likeness (QED) is 0.188. The molecule has 6 nitrogen and oxygen atoms in total. The first-order chi connectivity index (χ1) is 18.5. The molecule has 3 rings (SSSR count). The summed E-state index contributed by atoms with van der Waals surface area (Å²) in [6.07, 6.45) is 6.80. The van der Waals surface area contributed by atoms with E-state index in [9.17, 15) is 9.59 Å². The summed E-state index contributed by atoms with van der Waals surface area (Å²) in [4.78, 5) is 24.4. The number of nitrogens with zero attached hydrogens (tertiary/aromatic N) is 1. The molecule has 0 atom stereocenters. The van der Waals surface area contributed by atoms with E-state index < -0.39 is 11.9 Å². The molecule has 0 aromatic heterocycles. The van der Waals surface area contributed by atoms with Crippen molar-refractivity contribution in [1.82, 2.24) is 4.90 Å². The summed E-state index contributed by atoms with van der Waals surface area (Å²) in [5.74, 6) is -0.783. The number of carboxylic acid groups (broad SMARTS) is 2. The van der Waals surface area contributed by atoms with Crippen LogP contribution in [0.25, 0.3) is 0 Å². The van der Waals surface area contributed by atoms with Gasteiger partial charge in [-0.05, 0) is 86.4 Å². The van der Waals surface area contributed by atoms with Crippen molar-refractivity contribution in [3.05, 3.63) is 101 Å². The summed E-state index contributed by atoms with van der Waals surface area (Å²) in [6.45, 7) is 2.95. The molecule has 0 saturated heterocycles. The lowest BCUT2D eigenvalue weighted by Gasteiger charge is -2.23. The number of unbranched alkanes of at least 4 members (excludes halogenated alkanes) is 3. The molecule has 0 radical (unpaired) electrons. The van der Waals surface area contributed by atoms with Crippen LogP contribution in [-0.2, 0) is 24.2 Å². The number of benzene rings is 3. The fraction of sp³-hybridized carbons (Fsp3) is 0.375. The van der Waals surface area contributed by atoms with Gasteiger partial charge in [0.05, 0.1) is 12.2 Å². The largest absolute Gasteiger partial charge is 0.493 e. The lowest BCUT2D eigenvalue weighted by atomic mass is 10.1. The molecule has 0 unspecified atom stereocenters. The Morgan fingerprint density at radius 3 is 2.16 bits per heavy atom. The van der Waals surface area contributed by atoms with Crippen LogP contribution < -0.4 is 4.74 Å². The van der Waals surface area contributed by atoms with Gasteiger partial charge in [-0.3, -0.25) is 9.69 Å². The number of carbonyl (C=O) groups is 2. The van der Waals surface area contributed by atoms with Crippen molar-refractivity contribution in [3.63, 3.8) is 0 Å². The molecule has 0 heterocycles. The molecule has 0 bridgehead atoms. The van der Waals surface area contributed by atoms with E-state index in [1.165, 1.54) is 5.56 Å². The van der Waals surface area contributed by atoms with Gasteiger partial charge in [0.1, 0.15) is 5.75 Å². The van der Waals surface area contributed by atoms with Gasteiger partial charge in [0.25, 0.3) is 0 Å². The minimum atomic E-state index is -0.935. The average Bonchev–Trinajstić information content (AvgIpc) is 2.92. The number of hydrogen-bond donors (Lipinski definition) is 2. The third kappa shape index (κ3) is 10.8. The Morgan fingerprint density at radius 2 is 1.42 bits per heavy atom. The number of aryl methyl sites for hydroxylation is 1. The number of aliphatic carboxylic acids is 1. The zero-order valence-corrected chi connectivity index (χ0v) is 22.1. The van der Waals surface area contributed by atoms with E-state index in [2.05, 4.69) is 35.2 Å². The van der Waals surface area contributed by atoms with Crippen molar-refractivity contribution >= 4 is 11.9 Å². The first-order valence-electron chi connectivity index (χ1n) is 13.5. The predicted octanol–water partition coefficient (Wildman–Crippen LogP) is 6.48. The molecule has 202 valence electrons. The Labute approximate surface area is 225 Å². The summed E-state index contributed by atoms with van der Waals surface area (Å²) in [7, 11) is 0. The highest BCUT2D eigenvalue weighted by Gasteiger charge is 2.11. The summed E-state index contributed by atoms with van der Waals surface area (Å²) >= 11 is 0. The van der Waals surface area contributed by atoms with Crippen LogP contribution >= 0.6 is 0 Å². The number of aromatic carboxylic acids is 1. The average molecular weight is 518 g/mol. The van der Waals surface area contributed by atoms with Crippen molar-refractivity contribution in [1.29, 1.82) is 0 Å². The molecular formula is C32H39NO5. The van der Waals surface area contributed by atoms with Crippen LogP contribution in [0.1, 0.15) is 65.6 Å². The Morgan fingerprint density at radius 1 is 0.684 bits per heavy atom. The Kier molecular flexibility index (Phi) is 12.4. The molecule has 3 aromatic rings.